The summed E-state index contributed by atoms with van der Waals surface area (Å²) in [6, 6.07) is 13.3. The third-order valence-electron chi connectivity index (χ3n) is 2.66. The molecule has 0 radical (unpaired) electrons. The van der Waals surface area contributed by atoms with Crippen molar-refractivity contribution in [3.63, 3.8) is 0 Å². The Kier molecular flexibility index (Phi) is 4.38. The maximum atomic E-state index is 13.1. The molecule has 2 aromatic carbocycles. The molecule has 2 nitrogen and oxygen atoms in total. The molecule has 0 atom stereocenters. The molecule has 96 valence electrons. The summed E-state index contributed by atoms with van der Waals surface area (Å²) in [4.78, 5) is 0. The zero-order chi connectivity index (χ0) is 13.7. The molecule has 0 spiro atoms. The predicted octanol–water partition coefficient (Wildman–Crippen LogP) is 4.02. The number of rotatable bonds is 4. The van der Waals surface area contributed by atoms with E-state index in [9.17, 15) is 4.39 Å². The molecule has 0 aliphatic rings. The molecule has 0 amide bonds. The third kappa shape index (κ3) is 3.46. The van der Waals surface area contributed by atoms with Crippen molar-refractivity contribution in [2.24, 2.45) is 0 Å². The van der Waals surface area contributed by atoms with Crippen LogP contribution in [0.4, 0.5) is 4.39 Å². The van der Waals surface area contributed by atoms with E-state index in [2.05, 4.69) is 0 Å². The summed E-state index contributed by atoms with van der Waals surface area (Å²) >= 11 is 5.69. The van der Waals surface area contributed by atoms with Gasteiger partial charge in [-0.15, -0.1) is 11.6 Å². The van der Waals surface area contributed by atoms with Gasteiger partial charge in [0.1, 0.15) is 18.2 Å². The molecule has 2 rings (SSSR count). The first-order valence-electron chi connectivity index (χ1n) is 5.69. The number of nitrogens with zero attached hydrogens (tertiary/aromatic N) is 1. The van der Waals surface area contributed by atoms with Crippen LogP contribution in [0, 0.1) is 17.1 Å². The number of hydrogen-bond donors (Lipinski definition) is 0. The second-order valence-electron chi connectivity index (χ2n) is 3.98. The van der Waals surface area contributed by atoms with E-state index < -0.39 is 0 Å². The monoisotopic (exact) mass is 275 g/mol. The van der Waals surface area contributed by atoms with Gasteiger partial charge in [-0.3, -0.25) is 0 Å². The number of halogens is 2. The Balaban J connectivity index is 2.09. The Morgan fingerprint density at radius 1 is 1.16 bits per heavy atom. The fraction of sp³-hybridized carbons (Fsp3) is 0.133. The molecule has 4 heteroatoms. The molecule has 0 unspecified atom stereocenters. The molecule has 0 saturated heterocycles. The van der Waals surface area contributed by atoms with Crippen molar-refractivity contribution in [3.05, 3.63) is 65.0 Å². The minimum atomic E-state index is -0.380. The van der Waals surface area contributed by atoms with Crippen molar-refractivity contribution in [1.29, 1.82) is 5.26 Å². The lowest BCUT2D eigenvalue weighted by molar-refractivity contribution is 0.305. The summed E-state index contributed by atoms with van der Waals surface area (Å²) in [5.74, 6) is 0.722. The molecule has 0 heterocycles. The molecule has 0 fully saturated rings. The first-order valence-corrected chi connectivity index (χ1v) is 6.22. The highest BCUT2D eigenvalue weighted by Gasteiger charge is 2.05. The van der Waals surface area contributed by atoms with Crippen molar-refractivity contribution in [2.45, 2.75) is 12.5 Å². The average Bonchev–Trinajstić information content (AvgIpc) is 2.46. The van der Waals surface area contributed by atoms with E-state index in [-0.39, 0.29) is 12.4 Å². The highest BCUT2D eigenvalue weighted by Crippen LogP contribution is 2.17. The molecule has 0 aromatic heterocycles. The van der Waals surface area contributed by atoms with E-state index >= 15 is 0 Å². The average molecular weight is 276 g/mol. The van der Waals surface area contributed by atoms with Gasteiger partial charge >= 0.3 is 0 Å². The number of nitriles is 1. The maximum absolute atomic E-state index is 13.1. The molecule has 0 aliphatic heterocycles. The summed E-state index contributed by atoms with van der Waals surface area (Å²) in [6.07, 6.45) is 0. The van der Waals surface area contributed by atoms with E-state index in [1.807, 2.05) is 18.2 Å². The topological polar surface area (TPSA) is 33.0 Å². The second kappa shape index (κ2) is 6.21. The van der Waals surface area contributed by atoms with Gasteiger partial charge in [0.05, 0.1) is 11.6 Å². The van der Waals surface area contributed by atoms with Gasteiger partial charge in [-0.1, -0.05) is 12.1 Å². The van der Waals surface area contributed by atoms with Crippen LogP contribution in [0.15, 0.2) is 42.5 Å². The molecular formula is C15H11ClFNO. The zero-order valence-electron chi connectivity index (χ0n) is 10.1. The second-order valence-corrected chi connectivity index (χ2v) is 4.25. The Morgan fingerprint density at radius 3 is 2.53 bits per heavy atom. The summed E-state index contributed by atoms with van der Waals surface area (Å²) < 4.78 is 18.7. The van der Waals surface area contributed by atoms with Crippen LogP contribution in [0.3, 0.4) is 0 Å². The lowest BCUT2D eigenvalue weighted by Crippen LogP contribution is -1.99. The van der Waals surface area contributed by atoms with E-state index in [4.69, 9.17) is 21.6 Å². The SMILES string of the molecule is N#Cc1ccc(F)cc1COc1ccc(CCl)cc1. The molecular weight excluding hydrogens is 265 g/mol. The van der Waals surface area contributed by atoms with Crippen molar-refractivity contribution < 1.29 is 9.13 Å². The fourth-order valence-electron chi connectivity index (χ4n) is 1.63. The van der Waals surface area contributed by atoms with Crippen LogP contribution in [0.25, 0.3) is 0 Å². The standard InChI is InChI=1S/C15H11ClFNO/c16-8-11-1-5-15(6-2-11)19-10-13-7-14(17)4-3-12(13)9-18/h1-7H,8,10H2. The zero-order valence-corrected chi connectivity index (χ0v) is 10.8. The van der Waals surface area contributed by atoms with Crippen LogP contribution in [-0.2, 0) is 12.5 Å². The van der Waals surface area contributed by atoms with Gasteiger partial charge in [0, 0.05) is 11.4 Å². The van der Waals surface area contributed by atoms with Crippen molar-refractivity contribution >= 4 is 11.6 Å². The van der Waals surface area contributed by atoms with Gasteiger partial charge in [-0.05, 0) is 35.9 Å². The van der Waals surface area contributed by atoms with E-state index in [0.717, 1.165) is 5.56 Å². The smallest absolute Gasteiger partial charge is 0.123 e. The highest BCUT2D eigenvalue weighted by atomic mass is 35.5. The van der Waals surface area contributed by atoms with Crippen LogP contribution in [-0.4, -0.2) is 0 Å². The van der Waals surface area contributed by atoms with E-state index in [1.165, 1.54) is 18.2 Å². The van der Waals surface area contributed by atoms with Crippen LogP contribution in [0.2, 0.25) is 0 Å². The Labute approximate surface area is 116 Å². The fourth-order valence-corrected chi connectivity index (χ4v) is 1.80. The minimum Gasteiger partial charge on any atom is -0.489 e. The minimum absolute atomic E-state index is 0.154. The Bertz CT molecular complexity index is 605. The lowest BCUT2D eigenvalue weighted by atomic mass is 10.1. The predicted molar refractivity (Wildman–Crippen MR) is 71.4 cm³/mol. The third-order valence-corrected chi connectivity index (χ3v) is 2.97. The van der Waals surface area contributed by atoms with Crippen LogP contribution < -0.4 is 4.74 Å². The van der Waals surface area contributed by atoms with Gasteiger partial charge in [0.2, 0.25) is 0 Å². The lowest BCUT2D eigenvalue weighted by Gasteiger charge is -2.08. The van der Waals surface area contributed by atoms with Crippen LogP contribution >= 0.6 is 11.6 Å². The molecule has 19 heavy (non-hydrogen) atoms. The first-order chi connectivity index (χ1) is 9.22. The van der Waals surface area contributed by atoms with Gasteiger partial charge in [-0.25, -0.2) is 4.39 Å². The molecule has 0 bridgehead atoms. The summed E-state index contributed by atoms with van der Waals surface area (Å²) in [7, 11) is 0. The molecule has 0 N–H and O–H groups in total. The van der Waals surface area contributed by atoms with Crippen molar-refractivity contribution in [1.82, 2.24) is 0 Å². The number of alkyl halides is 1. The van der Waals surface area contributed by atoms with Gasteiger partial charge < -0.3 is 4.74 Å². The molecule has 0 aliphatic carbocycles. The van der Waals surface area contributed by atoms with Gasteiger partial charge in [-0.2, -0.15) is 5.26 Å². The van der Waals surface area contributed by atoms with Gasteiger partial charge in [0.25, 0.3) is 0 Å². The molecule has 2 aromatic rings. The van der Waals surface area contributed by atoms with Crippen molar-refractivity contribution in [2.75, 3.05) is 0 Å². The normalized spacial score (nSPS) is 9.95. The maximum Gasteiger partial charge on any atom is 0.123 e. The first kappa shape index (κ1) is 13.4. The van der Waals surface area contributed by atoms with E-state index in [1.54, 1.807) is 12.1 Å². The van der Waals surface area contributed by atoms with E-state index in [0.29, 0.717) is 22.8 Å². The largest absolute Gasteiger partial charge is 0.489 e. The summed E-state index contributed by atoms with van der Waals surface area (Å²) in [5, 5.41) is 8.93. The number of hydrogen-bond acceptors (Lipinski definition) is 2. The molecule has 0 saturated carbocycles. The summed E-state index contributed by atoms with van der Waals surface area (Å²) in [6.45, 7) is 0.154. The van der Waals surface area contributed by atoms with Crippen LogP contribution in [0.5, 0.6) is 5.75 Å². The highest BCUT2D eigenvalue weighted by molar-refractivity contribution is 6.17. The van der Waals surface area contributed by atoms with Crippen molar-refractivity contribution in [3.8, 4) is 11.8 Å². The number of benzene rings is 2. The number of ether oxygens (including phenoxy) is 1. The van der Waals surface area contributed by atoms with Gasteiger partial charge in [0.15, 0.2) is 0 Å². The Morgan fingerprint density at radius 2 is 1.89 bits per heavy atom. The van der Waals surface area contributed by atoms with Crippen LogP contribution in [0.1, 0.15) is 16.7 Å². The Hall–Kier alpha value is -2.05. The summed E-state index contributed by atoms with van der Waals surface area (Å²) in [5.41, 5.74) is 1.94. The quantitative estimate of drug-likeness (QED) is 0.790.